The van der Waals surface area contributed by atoms with Gasteiger partial charge in [-0.05, 0) is 154 Å². The second-order valence-corrected chi connectivity index (χ2v) is 20.0. The van der Waals surface area contributed by atoms with E-state index in [1.807, 2.05) is 0 Å². The van der Waals surface area contributed by atoms with Crippen molar-refractivity contribution in [3.05, 3.63) is 12.2 Å². The van der Waals surface area contributed by atoms with Gasteiger partial charge in [-0.1, -0.05) is 76.4 Å². The lowest BCUT2D eigenvalue weighted by Crippen LogP contribution is -2.72. The van der Waals surface area contributed by atoms with Gasteiger partial charge < -0.3 is 4.74 Å². The third-order valence-corrected chi connectivity index (χ3v) is 18.2. The minimum absolute atomic E-state index is 0.283. The minimum Gasteiger partial charge on any atom is -0.374 e. The summed E-state index contributed by atoms with van der Waals surface area (Å²) in [5.41, 5.74) is 0.328. The zero-order chi connectivity index (χ0) is 33.2. The lowest BCUT2D eigenvalue weighted by molar-refractivity contribution is -0.228. The van der Waals surface area contributed by atoms with Crippen LogP contribution in [0.2, 0.25) is 0 Å². The maximum atomic E-state index is 10.8. The van der Waals surface area contributed by atoms with Gasteiger partial charge in [-0.3, -0.25) is 16.0 Å². The first-order valence-electron chi connectivity index (χ1n) is 22.7. The van der Waals surface area contributed by atoms with Crippen LogP contribution in [0.3, 0.4) is 0 Å². The van der Waals surface area contributed by atoms with Crippen LogP contribution >= 0.6 is 0 Å². The summed E-state index contributed by atoms with van der Waals surface area (Å²) in [6, 6.07) is 3.02. The highest BCUT2D eigenvalue weighted by molar-refractivity contribution is 5.24. The van der Waals surface area contributed by atoms with Crippen LogP contribution in [0, 0.1) is 87.8 Å². The Morgan fingerprint density at radius 2 is 1.18 bits per heavy atom. The van der Waals surface area contributed by atoms with Crippen molar-refractivity contribution in [2.24, 2.45) is 76.4 Å². The van der Waals surface area contributed by atoms with E-state index in [2.05, 4.69) is 34.2 Å². The first-order valence-corrected chi connectivity index (χ1v) is 22.7. The summed E-state index contributed by atoms with van der Waals surface area (Å²) in [6.45, 7) is 0. The quantitative estimate of drug-likeness (QED) is 0.259. The predicted molar refractivity (Wildman–Crippen MR) is 199 cm³/mol. The number of hydrogen-bond donors (Lipinski definition) is 3. The molecule has 0 amide bonds. The van der Waals surface area contributed by atoms with Gasteiger partial charge in [0.05, 0.1) is 36.8 Å². The number of rotatable bonds is 3. The Kier molecular flexibility index (Phi) is 9.45. The molecule has 15 unspecified atom stereocenters. The highest BCUT2D eigenvalue weighted by Crippen LogP contribution is 2.75. The van der Waals surface area contributed by atoms with Gasteiger partial charge in [0.1, 0.15) is 0 Å². The molecule has 1 spiro atoms. The monoisotopic (exact) mass is 683 g/mol. The molecule has 2 saturated heterocycles. The molecule has 15 atom stereocenters. The van der Waals surface area contributed by atoms with Crippen LogP contribution in [0.15, 0.2) is 12.2 Å². The van der Waals surface area contributed by atoms with E-state index in [0.29, 0.717) is 59.8 Å². The van der Waals surface area contributed by atoms with Crippen molar-refractivity contribution in [2.75, 3.05) is 0 Å². The normalized spacial score (nSPS) is 52.6. The van der Waals surface area contributed by atoms with Gasteiger partial charge in [0.2, 0.25) is 0 Å². The van der Waals surface area contributed by atoms with Crippen molar-refractivity contribution in [3.8, 4) is 6.07 Å². The van der Waals surface area contributed by atoms with E-state index in [-0.39, 0.29) is 5.92 Å². The first kappa shape index (κ1) is 33.6. The molecule has 7 saturated carbocycles. The third-order valence-electron chi connectivity index (χ3n) is 18.2. The number of ether oxygens (including phenoxy) is 1. The van der Waals surface area contributed by atoms with Crippen molar-refractivity contribution in [3.63, 3.8) is 0 Å². The Labute approximate surface area is 304 Å². The first-order chi connectivity index (χ1) is 24.7. The molecule has 276 valence electrons. The number of nitrogens with one attached hydrogen (secondary N) is 3. The molecule has 10 rings (SSSR count). The van der Waals surface area contributed by atoms with Gasteiger partial charge >= 0.3 is 0 Å². The molecule has 10 aliphatic rings. The van der Waals surface area contributed by atoms with E-state index in [0.717, 1.165) is 41.4 Å². The predicted octanol–water partition coefficient (Wildman–Crippen LogP) is 9.45. The SMILES string of the molecule is N#CC1CC2C(C3CCCCC13)C1CCC(C3NC(C4CCCCC4)NC(C4CCCCC4)N3)CC1C21C2C=CCCC2OC2CCCCC21. The number of hydrogen-bond acceptors (Lipinski definition) is 5. The molecule has 8 aliphatic carbocycles. The summed E-state index contributed by atoms with van der Waals surface area (Å²) in [5.74, 6) is 8.53. The van der Waals surface area contributed by atoms with Gasteiger partial charge in [0, 0.05) is 11.8 Å². The number of fused-ring (bicyclic) bond motifs is 11. The van der Waals surface area contributed by atoms with Crippen LogP contribution in [0.1, 0.15) is 154 Å². The average molecular weight is 683 g/mol. The molecule has 0 aromatic heterocycles. The molecule has 2 aliphatic heterocycles. The number of nitrogens with zero attached hydrogens (tertiary/aromatic N) is 1. The number of allylic oxidation sites excluding steroid dienone is 1. The van der Waals surface area contributed by atoms with Gasteiger partial charge in [0.15, 0.2) is 0 Å². The largest absolute Gasteiger partial charge is 0.374 e. The maximum absolute atomic E-state index is 10.8. The molecule has 3 N–H and O–H groups in total. The Bertz CT molecular complexity index is 1240. The van der Waals surface area contributed by atoms with Crippen molar-refractivity contribution >= 4 is 0 Å². The van der Waals surface area contributed by atoms with Crippen molar-refractivity contribution < 1.29 is 4.74 Å². The third kappa shape index (κ3) is 5.48. The molecule has 50 heavy (non-hydrogen) atoms. The highest BCUT2D eigenvalue weighted by Gasteiger charge is 2.72. The summed E-state index contributed by atoms with van der Waals surface area (Å²) in [6.07, 6.45) is 40.5. The fourth-order valence-corrected chi connectivity index (χ4v) is 16.5. The minimum atomic E-state index is 0.283. The smallest absolute Gasteiger partial charge is 0.0658 e. The van der Waals surface area contributed by atoms with E-state index in [9.17, 15) is 5.26 Å². The molecular weight excluding hydrogens is 613 g/mol. The van der Waals surface area contributed by atoms with Crippen LogP contribution in [0.5, 0.6) is 0 Å². The molecule has 5 nitrogen and oxygen atoms in total. The molecule has 0 radical (unpaired) electrons. The van der Waals surface area contributed by atoms with Gasteiger partial charge in [0.25, 0.3) is 0 Å². The average Bonchev–Trinajstić information content (AvgIpc) is 3.48. The summed E-state index contributed by atoms with van der Waals surface area (Å²) < 4.78 is 7.26. The van der Waals surface area contributed by atoms with Gasteiger partial charge in [-0.15, -0.1) is 0 Å². The molecule has 0 aromatic carbocycles. The summed E-state index contributed by atoms with van der Waals surface area (Å²) in [4.78, 5) is 0. The van der Waals surface area contributed by atoms with Crippen molar-refractivity contribution in [2.45, 2.75) is 185 Å². The maximum Gasteiger partial charge on any atom is 0.0658 e. The molecule has 9 fully saturated rings. The molecular formula is C45H70N4O. The van der Waals surface area contributed by atoms with Crippen LogP contribution in [0.4, 0.5) is 0 Å². The molecule has 0 aromatic rings. The lowest BCUT2D eigenvalue weighted by Gasteiger charge is -2.63. The molecule has 0 bridgehead atoms. The topological polar surface area (TPSA) is 69.1 Å². The molecule has 5 heteroatoms. The second-order valence-electron chi connectivity index (χ2n) is 20.0. The van der Waals surface area contributed by atoms with Crippen molar-refractivity contribution in [1.29, 1.82) is 5.26 Å². The van der Waals surface area contributed by atoms with E-state index >= 15 is 0 Å². The van der Waals surface area contributed by atoms with Crippen LogP contribution < -0.4 is 16.0 Å². The fraction of sp³-hybridized carbons (Fsp3) is 0.933. The van der Waals surface area contributed by atoms with Crippen LogP contribution in [-0.2, 0) is 4.74 Å². The van der Waals surface area contributed by atoms with E-state index < -0.39 is 0 Å². The van der Waals surface area contributed by atoms with Gasteiger partial charge in [-0.25, -0.2) is 0 Å². The summed E-state index contributed by atoms with van der Waals surface area (Å²) >= 11 is 0. The van der Waals surface area contributed by atoms with Gasteiger partial charge in [-0.2, -0.15) is 5.26 Å². The van der Waals surface area contributed by atoms with E-state index in [1.54, 1.807) is 0 Å². The zero-order valence-corrected chi connectivity index (χ0v) is 31.3. The fourth-order valence-electron chi connectivity index (χ4n) is 16.5. The number of nitriles is 1. The standard InChI is InChI=1S/C45H70N4O/c46-27-31-26-38-41(33-18-8-7-17-32(31)33)34-24-23-30(25-37(34)45(38)35-19-9-11-21-39(35)50-40-22-12-10-20-36(40)45)44-48-42(28-13-3-1-4-14-28)47-43(49-44)29-15-5-2-6-16-29/h9,19,28-44,47-49H,1-8,10-18,20-26H2. The highest BCUT2D eigenvalue weighted by atomic mass is 16.5. The second kappa shape index (κ2) is 14.0. The Morgan fingerprint density at radius 1 is 0.540 bits per heavy atom. The lowest BCUT2D eigenvalue weighted by atomic mass is 9.45. The zero-order valence-electron chi connectivity index (χ0n) is 31.3. The van der Waals surface area contributed by atoms with E-state index in [4.69, 9.17) is 4.74 Å². The Morgan fingerprint density at radius 3 is 1.90 bits per heavy atom. The van der Waals surface area contributed by atoms with Crippen LogP contribution in [-0.4, -0.2) is 30.7 Å². The molecule has 2 heterocycles. The summed E-state index contributed by atoms with van der Waals surface area (Å²) in [5, 5.41) is 23.8. The van der Waals surface area contributed by atoms with Crippen LogP contribution in [0.25, 0.3) is 0 Å². The van der Waals surface area contributed by atoms with E-state index in [1.165, 1.54) is 154 Å². The Balaban J connectivity index is 1.03. The summed E-state index contributed by atoms with van der Waals surface area (Å²) in [7, 11) is 0. The Hall–Kier alpha value is -0.930. The van der Waals surface area contributed by atoms with Crippen molar-refractivity contribution in [1.82, 2.24) is 16.0 Å².